The zero-order chi connectivity index (χ0) is 11.4. The van der Waals surface area contributed by atoms with E-state index in [2.05, 4.69) is 34.6 Å². The van der Waals surface area contributed by atoms with Crippen LogP contribution in [0.15, 0.2) is 23.2 Å². The third-order valence-corrected chi connectivity index (χ3v) is 2.82. The van der Waals surface area contributed by atoms with Crippen LogP contribution in [-0.4, -0.2) is 14.8 Å². The van der Waals surface area contributed by atoms with Gasteiger partial charge in [0.15, 0.2) is 0 Å². The molecule has 0 aliphatic heterocycles. The van der Waals surface area contributed by atoms with Crippen LogP contribution in [0.1, 0.15) is 19.5 Å². The van der Waals surface area contributed by atoms with Gasteiger partial charge < -0.3 is 5.32 Å². The molecule has 16 heavy (non-hydrogen) atoms. The van der Waals surface area contributed by atoms with Gasteiger partial charge in [-0.05, 0) is 5.92 Å². The van der Waals surface area contributed by atoms with Crippen LogP contribution in [0.3, 0.4) is 0 Å². The van der Waals surface area contributed by atoms with Crippen molar-refractivity contribution in [3.8, 4) is 0 Å². The fourth-order valence-corrected chi connectivity index (χ4v) is 2.04. The molecule has 5 heteroatoms. The second-order valence-electron chi connectivity index (χ2n) is 4.13. The van der Waals surface area contributed by atoms with E-state index in [1.807, 2.05) is 22.5 Å². The highest BCUT2D eigenvalue weighted by atomic mass is 32.1. The molecular weight excluding hydrogens is 220 g/mol. The molecule has 0 saturated heterocycles. The molecule has 0 aliphatic rings. The van der Waals surface area contributed by atoms with Gasteiger partial charge in [0.2, 0.25) is 0 Å². The summed E-state index contributed by atoms with van der Waals surface area (Å²) in [7, 11) is 0. The predicted molar refractivity (Wildman–Crippen MR) is 66.5 cm³/mol. The van der Waals surface area contributed by atoms with Gasteiger partial charge in [0.1, 0.15) is 5.82 Å². The lowest BCUT2D eigenvalue weighted by atomic mass is 10.2. The second-order valence-corrected chi connectivity index (χ2v) is 4.84. The third-order valence-electron chi connectivity index (χ3n) is 2.19. The topological polar surface area (TPSA) is 42.7 Å². The zero-order valence-corrected chi connectivity index (χ0v) is 10.4. The van der Waals surface area contributed by atoms with Crippen LogP contribution in [0.25, 0.3) is 0 Å². The number of anilines is 1. The third kappa shape index (κ3) is 2.82. The first-order chi connectivity index (χ1) is 7.75. The molecule has 0 spiro atoms. The highest BCUT2D eigenvalue weighted by Crippen LogP contribution is 2.11. The maximum absolute atomic E-state index is 4.29. The first kappa shape index (κ1) is 11.1. The number of nitrogens with one attached hydrogen (secondary N) is 1. The van der Waals surface area contributed by atoms with E-state index < -0.39 is 0 Å². The van der Waals surface area contributed by atoms with Crippen molar-refractivity contribution in [2.75, 3.05) is 5.32 Å². The lowest BCUT2D eigenvalue weighted by molar-refractivity contribution is 0.487. The Morgan fingerprint density at radius 1 is 1.50 bits per heavy atom. The van der Waals surface area contributed by atoms with E-state index in [4.69, 9.17) is 0 Å². The summed E-state index contributed by atoms with van der Waals surface area (Å²) < 4.78 is 2.00. The molecule has 2 rings (SSSR count). The number of hydrogen-bond donors (Lipinski definition) is 1. The number of rotatable bonds is 5. The lowest BCUT2D eigenvalue weighted by Gasteiger charge is -2.10. The summed E-state index contributed by atoms with van der Waals surface area (Å²) in [6.07, 6.45) is 1.83. The Morgan fingerprint density at radius 2 is 2.38 bits per heavy atom. The summed E-state index contributed by atoms with van der Waals surface area (Å²) >= 11 is 1.62. The molecule has 4 nitrogen and oxygen atoms in total. The van der Waals surface area contributed by atoms with E-state index in [-0.39, 0.29) is 0 Å². The molecule has 2 heterocycles. The molecular formula is C11H16N4S. The molecule has 0 aliphatic carbocycles. The first-order valence-electron chi connectivity index (χ1n) is 5.38. The van der Waals surface area contributed by atoms with Gasteiger partial charge in [-0.2, -0.15) is 5.10 Å². The molecule has 0 aromatic carbocycles. The summed E-state index contributed by atoms with van der Waals surface area (Å²) in [6.45, 7) is 6.07. The maximum atomic E-state index is 4.29. The van der Waals surface area contributed by atoms with Crippen LogP contribution in [-0.2, 0) is 13.1 Å². The van der Waals surface area contributed by atoms with Gasteiger partial charge in [0.25, 0.3) is 0 Å². The molecule has 1 N–H and O–H groups in total. The number of hydrogen-bond acceptors (Lipinski definition) is 4. The molecule has 2 aromatic rings. The molecule has 0 amide bonds. The smallest absolute Gasteiger partial charge is 0.124 e. The molecule has 86 valence electrons. The van der Waals surface area contributed by atoms with Gasteiger partial charge in [0.05, 0.1) is 23.9 Å². The van der Waals surface area contributed by atoms with E-state index in [1.54, 1.807) is 11.3 Å². The molecule has 0 bridgehead atoms. The molecule has 2 aromatic heterocycles. The average Bonchev–Trinajstić information content (AvgIpc) is 2.84. The lowest BCUT2D eigenvalue weighted by Crippen LogP contribution is -2.11. The largest absolute Gasteiger partial charge is 0.365 e. The van der Waals surface area contributed by atoms with Crippen LogP contribution in [0.2, 0.25) is 0 Å². The Balaban J connectivity index is 1.96. The van der Waals surface area contributed by atoms with Gasteiger partial charge >= 0.3 is 0 Å². The van der Waals surface area contributed by atoms with Gasteiger partial charge in [-0.15, -0.1) is 11.3 Å². The Kier molecular flexibility index (Phi) is 3.56. The van der Waals surface area contributed by atoms with Crippen molar-refractivity contribution >= 4 is 17.2 Å². The molecule has 0 atom stereocenters. The van der Waals surface area contributed by atoms with E-state index in [0.717, 1.165) is 24.6 Å². The molecule has 0 saturated carbocycles. The standard InChI is InChI=1S/C11H16N4S/c1-9(2)6-15-11(3-4-14-15)12-5-10-7-16-8-13-10/h3-4,7-9,12H,5-6H2,1-2H3. The van der Waals surface area contributed by atoms with Crippen LogP contribution in [0.4, 0.5) is 5.82 Å². The summed E-state index contributed by atoms with van der Waals surface area (Å²) in [5, 5.41) is 9.69. The van der Waals surface area contributed by atoms with Crippen molar-refractivity contribution in [2.24, 2.45) is 5.92 Å². The van der Waals surface area contributed by atoms with Gasteiger partial charge in [-0.1, -0.05) is 13.8 Å². The Labute approximate surface area is 99.3 Å². The average molecular weight is 236 g/mol. The van der Waals surface area contributed by atoms with E-state index in [1.165, 1.54) is 0 Å². The Morgan fingerprint density at radius 3 is 3.06 bits per heavy atom. The molecule has 0 fully saturated rings. The van der Waals surface area contributed by atoms with Crippen molar-refractivity contribution in [3.05, 3.63) is 28.8 Å². The minimum Gasteiger partial charge on any atom is -0.365 e. The van der Waals surface area contributed by atoms with Crippen LogP contribution < -0.4 is 5.32 Å². The highest BCUT2D eigenvalue weighted by molar-refractivity contribution is 7.07. The summed E-state index contributed by atoms with van der Waals surface area (Å²) in [5.41, 5.74) is 2.92. The van der Waals surface area contributed by atoms with E-state index in [0.29, 0.717) is 5.92 Å². The summed E-state index contributed by atoms with van der Waals surface area (Å²) in [6, 6.07) is 1.99. The van der Waals surface area contributed by atoms with Gasteiger partial charge in [0, 0.05) is 18.0 Å². The quantitative estimate of drug-likeness (QED) is 0.867. The zero-order valence-electron chi connectivity index (χ0n) is 9.55. The fourth-order valence-electron chi connectivity index (χ4n) is 1.48. The fraction of sp³-hybridized carbons (Fsp3) is 0.455. The maximum Gasteiger partial charge on any atom is 0.124 e. The van der Waals surface area contributed by atoms with Crippen LogP contribution in [0, 0.1) is 5.92 Å². The van der Waals surface area contributed by atoms with Crippen molar-refractivity contribution in [2.45, 2.75) is 26.9 Å². The van der Waals surface area contributed by atoms with Crippen molar-refractivity contribution in [1.82, 2.24) is 14.8 Å². The van der Waals surface area contributed by atoms with Gasteiger partial charge in [-0.3, -0.25) is 0 Å². The van der Waals surface area contributed by atoms with Crippen LogP contribution >= 0.6 is 11.3 Å². The monoisotopic (exact) mass is 236 g/mol. The van der Waals surface area contributed by atoms with E-state index in [9.17, 15) is 0 Å². The van der Waals surface area contributed by atoms with E-state index >= 15 is 0 Å². The van der Waals surface area contributed by atoms with Crippen molar-refractivity contribution < 1.29 is 0 Å². The predicted octanol–water partition coefficient (Wildman–Crippen LogP) is 2.61. The van der Waals surface area contributed by atoms with Gasteiger partial charge in [-0.25, -0.2) is 9.67 Å². The number of thiazole rings is 1. The minimum absolute atomic E-state index is 0.597. The minimum atomic E-state index is 0.597. The summed E-state index contributed by atoms with van der Waals surface area (Å²) in [5.74, 6) is 1.65. The SMILES string of the molecule is CC(C)Cn1nccc1NCc1cscn1. The number of aromatic nitrogens is 3. The molecule has 0 unspecified atom stereocenters. The Hall–Kier alpha value is -1.36. The van der Waals surface area contributed by atoms with Crippen LogP contribution in [0.5, 0.6) is 0 Å². The first-order valence-corrected chi connectivity index (χ1v) is 6.32. The summed E-state index contributed by atoms with van der Waals surface area (Å²) in [4.78, 5) is 4.23. The molecule has 0 radical (unpaired) electrons. The van der Waals surface area contributed by atoms with Crippen molar-refractivity contribution in [1.29, 1.82) is 0 Å². The number of nitrogens with zero attached hydrogens (tertiary/aromatic N) is 3. The second kappa shape index (κ2) is 5.12. The Bertz CT molecular complexity index is 419. The normalized spacial score (nSPS) is 10.9. The highest BCUT2D eigenvalue weighted by Gasteiger charge is 2.04. The van der Waals surface area contributed by atoms with Crippen molar-refractivity contribution in [3.63, 3.8) is 0 Å².